The fourth-order valence-corrected chi connectivity index (χ4v) is 1.75. The summed E-state index contributed by atoms with van der Waals surface area (Å²) in [6.07, 6.45) is 5.49. The number of nitrogen functional groups attached to an aromatic ring is 1. The number of benzene rings is 1. The number of hydrogen-bond acceptors (Lipinski definition) is 3. The van der Waals surface area contributed by atoms with Gasteiger partial charge in [-0.05, 0) is 54.3 Å². The van der Waals surface area contributed by atoms with Gasteiger partial charge in [0.05, 0.1) is 7.11 Å². The second-order valence-corrected chi connectivity index (χ2v) is 3.92. The number of nitrogens with zero attached hydrogens (tertiary/aromatic N) is 1. The van der Waals surface area contributed by atoms with Crippen molar-refractivity contribution in [2.24, 2.45) is 0 Å². The lowest BCUT2D eigenvalue weighted by Gasteiger charge is -2.08. The van der Waals surface area contributed by atoms with Crippen LogP contribution in [0.1, 0.15) is 11.1 Å². The first kappa shape index (κ1) is 11.5. The van der Waals surface area contributed by atoms with Gasteiger partial charge in [-0.15, -0.1) is 0 Å². The minimum Gasteiger partial charge on any atom is -0.497 e. The van der Waals surface area contributed by atoms with E-state index in [0.717, 1.165) is 29.8 Å². The number of aryl methyl sites for hydroxylation is 2. The number of hydrogen-bond donors (Lipinski definition) is 1. The van der Waals surface area contributed by atoms with Crippen molar-refractivity contribution in [3.05, 3.63) is 53.9 Å². The second kappa shape index (κ2) is 5.34. The molecule has 0 aliphatic heterocycles. The van der Waals surface area contributed by atoms with Crippen LogP contribution in [0.3, 0.4) is 0 Å². The Kier molecular flexibility index (Phi) is 3.60. The SMILES string of the molecule is COc1ccc(N)c(CCc2ccncc2)c1. The van der Waals surface area contributed by atoms with E-state index in [-0.39, 0.29) is 0 Å². The van der Waals surface area contributed by atoms with Crippen LogP contribution in [0.15, 0.2) is 42.7 Å². The predicted octanol–water partition coefficient (Wildman–Crippen LogP) is 2.46. The third-order valence-electron chi connectivity index (χ3n) is 2.78. The molecular formula is C14H16N2O. The second-order valence-electron chi connectivity index (χ2n) is 3.92. The van der Waals surface area contributed by atoms with E-state index in [2.05, 4.69) is 4.98 Å². The van der Waals surface area contributed by atoms with E-state index in [4.69, 9.17) is 10.5 Å². The number of anilines is 1. The van der Waals surface area contributed by atoms with Gasteiger partial charge in [0.2, 0.25) is 0 Å². The third-order valence-corrected chi connectivity index (χ3v) is 2.78. The molecule has 0 saturated heterocycles. The summed E-state index contributed by atoms with van der Waals surface area (Å²) in [4.78, 5) is 4.00. The zero-order valence-corrected chi connectivity index (χ0v) is 9.89. The highest BCUT2D eigenvalue weighted by molar-refractivity contribution is 5.50. The smallest absolute Gasteiger partial charge is 0.119 e. The average Bonchev–Trinajstić information content (AvgIpc) is 2.39. The number of rotatable bonds is 4. The molecule has 0 unspecified atom stereocenters. The minimum absolute atomic E-state index is 0.819. The minimum atomic E-state index is 0.819. The Bertz CT molecular complexity index is 483. The molecule has 1 aromatic heterocycles. The van der Waals surface area contributed by atoms with Gasteiger partial charge in [-0.25, -0.2) is 0 Å². The molecule has 0 saturated carbocycles. The zero-order chi connectivity index (χ0) is 12.1. The van der Waals surface area contributed by atoms with Crippen LogP contribution >= 0.6 is 0 Å². The maximum absolute atomic E-state index is 5.94. The Hall–Kier alpha value is -2.03. The largest absolute Gasteiger partial charge is 0.497 e. The highest BCUT2D eigenvalue weighted by Crippen LogP contribution is 2.20. The van der Waals surface area contributed by atoms with E-state index in [1.54, 1.807) is 7.11 Å². The van der Waals surface area contributed by atoms with E-state index in [1.165, 1.54) is 5.56 Å². The first-order chi connectivity index (χ1) is 8.29. The van der Waals surface area contributed by atoms with Crippen LogP contribution in [0, 0.1) is 0 Å². The van der Waals surface area contributed by atoms with E-state index in [0.29, 0.717) is 0 Å². The van der Waals surface area contributed by atoms with Crippen molar-refractivity contribution >= 4 is 5.69 Å². The van der Waals surface area contributed by atoms with E-state index in [1.807, 2.05) is 42.7 Å². The Balaban J connectivity index is 2.08. The average molecular weight is 228 g/mol. The van der Waals surface area contributed by atoms with E-state index < -0.39 is 0 Å². The molecule has 0 bridgehead atoms. The molecule has 0 spiro atoms. The van der Waals surface area contributed by atoms with Crippen molar-refractivity contribution in [2.45, 2.75) is 12.8 Å². The Morgan fingerprint density at radius 2 is 1.88 bits per heavy atom. The molecule has 0 amide bonds. The molecule has 3 heteroatoms. The summed E-state index contributed by atoms with van der Waals surface area (Å²) in [5, 5.41) is 0. The lowest BCUT2D eigenvalue weighted by molar-refractivity contribution is 0.414. The number of pyridine rings is 1. The summed E-state index contributed by atoms with van der Waals surface area (Å²) in [6, 6.07) is 9.81. The summed E-state index contributed by atoms with van der Waals surface area (Å²) < 4.78 is 5.20. The molecule has 2 N–H and O–H groups in total. The Morgan fingerprint density at radius 1 is 1.12 bits per heavy atom. The molecular weight excluding hydrogens is 212 g/mol. The van der Waals surface area contributed by atoms with Gasteiger partial charge in [0, 0.05) is 18.1 Å². The van der Waals surface area contributed by atoms with Crippen LogP contribution < -0.4 is 10.5 Å². The normalized spacial score (nSPS) is 10.2. The van der Waals surface area contributed by atoms with Crippen LogP contribution in [0.5, 0.6) is 5.75 Å². The van der Waals surface area contributed by atoms with Gasteiger partial charge < -0.3 is 10.5 Å². The molecule has 1 aromatic carbocycles. The molecule has 0 aliphatic rings. The molecule has 88 valence electrons. The lowest BCUT2D eigenvalue weighted by atomic mass is 10.0. The standard InChI is InChI=1S/C14H16N2O/c1-17-13-4-5-14(15)12(10-13)3-2-11-6-8-16-9-7-11/h4-10H,2-3,15H2,1H3. The fraction of sp³-hybridized carbons (Fsp3) is 0.214. The first-order valence-corrected chi connectivity index (χ1v) is 5.61. The maximum Gasteiger partial charge on any atom is 0.119 e. The van der Waals surface area contributed by atoms with E-state index >= 15 is 0 Å². The number of ether oxygens (including phenoxy) is 1. The number of aromatic nitrogens is 1. The Morgan fingerprint density at radius 3 is 2.59 bits per heavy atom. The van der Waals surface area contributed by atoms with Crippen LogP contribution in [0.2, 0.25) is 0 Å². The fourth-order valence-electron chi connectivity index (χ4n) is 1.75. The summed E-state index contributed by atoms with van der Waals surface area (Å²) >= 11 is 0. The summed E-state index contributed by atoms with van der Waals surface area (Å²) in [7, 11) is 1.66. The van der Waals surface area contributed by atoms with Crippen molar-refractivity contribution in [3.63, 3.8) is 0 Å². The lowest BCUT2D eigenvalue weighted by Crippen LogP contribution is -1.98. The Labute approximate surface area is 101 Å². The van der Waals surface area contributed by atoms with Gasteiger partial charge in [-0.2, -0.15) is 0 Å². The summed E-state index contributed by atoms with van der Waals surface area (Å²) in [5.74, 6) is 0.851. The van der Waals surface area contributed by atoms with Crippen molar-refractivity contribution in [1.82, 2.24) is 4.98 Å². The quantitative estimate of drug-likeness (QED) is 0.818. The van der Waals surface area contributed by atoms with Crippen LogP contribution in [0.4, 0.5) is 5.69 Å². The molecule has 1 heterocycles. The molecule has 2 rings (SSSR count). The number of methoxy groups -OCH3 is 1. The predicted molar refractivity (Wildman–Crippen MR) is 69.1 cm³/mol. The van der Waals surface area contributed by atoms with Gasteiger partial charge in [-0.1, -0.05) is 0 Å². The summed E-state index contributed by atoms with van der Waals surface area (Å²) in [5.41, 5.74) is 9.15. The van der Waals surface area contributed by atoms with Gasteiger partial charge in [0.25, 0.3) is 0 Å². The monoisotopic (exact) mass is 228 g/mol. The molecule has 0 radical (unpaired) electrons. The molecule has 0 aliphatic carbocycles. The van der Waals surface area contributed by atoms with Crippen LogP contribution in [-0.4, -0.2) is 12.1 Å². The van der Waals surface area contributed by atoms with Crippen molar-refractivity contribution in [2.75, 3.05) is 12.8 Å². The third kappa shape index (κ3) is 2.97. The first-order valence-electron chi connectivity index (χ1n) is 5.61. The van der Waals surface area contributed by atoms with Gasteiger partial charge in [0.15, 0.2) is 0 Å². The molecule has 2 aromatic rings. The van der Waals surface area contributed by atoms with Gasteiger partial charge >= 0.3 is 0 Å². The highest BCUT2D eigenvalue weighted by atomic mass is 16.5. The van der Waals surface area contributed by atoms with Crippen molar-refractivity contribution in [3.8, 4) is 5.75 Å². The topological polar surface area (TPSA) is 48.1 Å². The van der Waals surface area contributed by atoms with Crippen LogP contribution in [-0.2, 0) is 12.8 Å². The molecule has 0 fully saturated rings. The number of nitrogens with two attached hydrogens (primary N) is 1. The van der Waals surface area contributed by atoms with Crippen LogP contribution in [0.25, 0.3) is 0 Å². The van der Waals surface area contributed by atoms with Gasteiger partial charge in [-0.3, -0.25) is 4.98 Å². The van der Waals surface area contributed by atoms with E-state index in [9.17, 15) is 0 Å². The van der Waals surface area contributed by atoms with Crippen molar-refractivity contribution < 1.29 is 4.74 Å². The van der Waals surface area contributed by atoms with Gasteiger partial charge in [0.1, 0.15) is 5.75 Å². The maximum atomic E-state index is 5.94. The molecule has 17 heavy (non-hydrogen) atoms. The summed E-state index contributed by atoms with van der Waals surface area (Å²) in [6.45, 7) is 0. The zero-order valence-electron chi connectivity index (χ0n) is 9.89. The molecule has 0 atom stereocenters. The molecule has 3 nitrogen and oxygen atoms in total. The van der Waals surface area contributed by atoms with Crippen molar-refractivity contribution in [1.29, 1.82) is 0 Å². The highest BCUT2D eigenvalue weighted by Gasteiger charge is 2.02.